The van der Waals surface area contributed by atoms with Crippen molar-refractivity contribution in [1.82, 2.24) is 9.55 Å². The van der Waals surface area contributed by atoms with E-state index in [-0.39, 0.29) is 0 Å². The summed E-state index contributed by atoms with van der Waals surface area (Å²) in [4.78, 5) is 44.6. The predicted molar refractivity (Wildman–Crippen MR) is 109 cm³/mol. The number of aromatic nitrogens is 2. The summed E-state index contributed by atoms with van der Waals surface area (Å²) in [7, 11) is -11.4. The van der Waals surface area contributed by atoms with Gasteiger partial charge in [0.25, 0.3) is 5.56 Å². The van der Waals surface area contributed by atoms with Crippen molar-refractivity contribution >= 4 is 15.6 Å². The standard InChI is InChI=1S/C15H24N2O17P2/c18-3-5-8(20)10(22)12(24)14(32-5)33-36(28,29)34-35(26,27)30-4-6-9(21)11(23)13(31-6)17-2-1-7(19)16-15(17)25/h1-2,5-6,8-14,18,20-24H,3-4H2,(H,26,27)(H,28,29)(H,16,19,25)/t5-,6-,8-,9-,10+,11-,12-,13-,14-/m1/s1/i14T. The van der Waals surface area contributed by atoms with Gasteiger partial charge in [-0.3, -0.25) is 23.4 Å². The summed E-state index contributed by atoms with van der Waals surface area (Å²) in [5, 5.41) is 58.8. The van der Waals surface area contributed by atoms with Crippen LogP contribution in [0.25, 0.3) is 0 Å². The average Bonchev–Trinajstić information content (AvgIpc) is 3.06. The molecule has 0 radical (unpaired) electrons. The van der Waals surface area contributed by atoms with Crippen molar-refractivity contribution in [3.05, 3.63) is 33.1 Å². The number of rotatable bonds is 9. The van der Waals surface area contributed by atoms with Gasteiger partial charge in [0, 0.05) is 12.3 Å². The number of aromatic amines is 1. The molecule has 2 aliphatic rings. The summed E-state index contributed by atoms with van der Waals surface area (Å²) >= 11 is 0. The lowest BCUT2D eigenvalue weighted by atomic mass is 10.00. The minimum Gasteiger partial charge on any atom is -0.394 e. The molecule has 11 atom stereocenters. The van der Waals surface area contributed by atoms with E-state index in [1.54, 1.807) is 0 Å². The quantitative estimate of drug-likeness (QED) is 0.126. The van der Waals surface area contributed by atoms with E-state index < -0.39 is 95.3 Å². The Morgan fingerprint density at radius 3 is 2.22 bits per heavy atom. The summed E-state index contributed by atoms with van der Waals surface area (Å²) in [5.41, 5.74) is -1.78. The van der Waals surface area contributed by atoms with Gasteiger partial charge < -0.3 is 49.9 Å². The van der Waals surface area contributed by atoms with Crippen LogP contribution in [0.15, 0.2) is 21.9 Å². The first-order valence-corrected chi connectivity index (χ1v) is 12.9. The molecule has 206 valence electrons. The summed E-state index contributed by atoms with van der Waals surface area (Å²) in [6, 6.07) is 0.913. The highest BCUT2D eigenvalue weighted by Crippen LogP contribution is 2.61. The first-order chi connectivity index (χ1) is 17.0. The van der Waals surface area contributed by atoms with Crippen LogP contribution in [0.3, 0.4) is 0 Å². The molecule has 9 N–H and O–H groups in total. The Kier molecular flexibility index (Phi) is 8.57. The van der Waals surface area contributed by atoms with Crippen LogP contribution in [0.1, 0.15) is 7.60 Å². The molecule has 3 rings (SSSR count). The monoisotopic (exact) mass is 568 g/mol. The smallest absolute Gasteiger partial charge is 0.394 e. The van der Waals surface area contributed by atoms with Crippen molar-refractivity contribution in [2.45, 2.75) is 55.2 Å². The Morgan fingerprint density at radius 2 is 1.61 bits per heavy atom. The number of aliphatic hydroxyl groups excluding tert-OH is 6. The minimum atomic E-state index is -5.85. The second-order valence-electron chi connectivity index (χ2n) is 7.55. The lowest BCUT2D eigenvalue weighted by Gasteiger charge is -2.39. The van der Waals surface area contributed by atoms with Crippen molar-refractivity contribution in [1.29, 1.82) is 0 Å². The van der Waals surface area contributed by atoms with Gasteiger partial charge in [-0.05, 0) is 0 Å². The van der Waals surface area contributed by atoms with Crippen molar-refractivity contribution in [3.63, 3.8) is 0 Å². The molecule has 21 heteroatoms. The Bertz CT molecular complexity index is 1180. The lowest BCUT2D eigenvalue weighted by molar-refractivity contribution is -0.280. The first-order valence-electron chi connectivity index (χ1n) is 10.4. The molecule has 0 spiro atoms. The molecule has 1 aromatic heterocycles. The average molecular weight is 568 g/mol. The number of ether oxygens (including phenoxy) is 2. The highest BCUT2D eigenvalue weighted by Gasteiger charge is 2.49. The molecule has 36 heavy (non-hydrogen) atoms. The summed E-state index contributed by atoms with van der Waals surface area (Å²) < 4.78 is 55.6. The Balaban J connectivity index is 1.65. The van der Waals surface area contributed by atoms with Gasteiger partial charge in [-0.15, -0.1) is 0 Å². The van der Waals surface area contributed by atoms with Gasteiger partial charge in [0.1, 0.15) is 42.7 Å². The zero-order chi connectivity index (χ0) is 27.9. The van der Waals surface area contributed by atoms with Crippen LogP contribution in [-0.4, -0.2) is 112 Å². The van der Waals surface area contributed by atoms with Crippen LogP contribution in [-0.2, 0) is 32.0 Å². The highest BCUT2D eigenvalue weighted by molar-refractivity contribution is 7.61. The molecule has 1 aromatic rings. The third-order valence-electron chi connectivity index (χ3n) is 5.02. The molecule has 0 saturated carbocycles. The van der Waals surface area contributed by atoms with Crippen LogP contribution >= 0.6 is 15.6 Å². The zero-order valence-electron chi connectivity index (χ0n) is 18.8. The third-order valence-corrected chi connectivity index (χ3v) is 7.56. The maximum Gasteiger partial charge on any atom is 0.483 e. The van der Waals surface area contributed by atoms with E-state index in [1.807, 2.05) is 4.98 Å². The third kappa shape index (κ3) is 6.54. The van der Waals surface area contributed by atoms with E-state index in [0.29, 0.717) is 4.57 Å². The number of phosphoric ester groups is 2. The number of nitrogens with zero attached hydrogens (tertiary/aromatic N) is 1. The SMILES string of the molecule is [3H][C@]1(OP(=O)(O)OP(=O)(O)OC[C@H]2O[C@@H](n3ccc(=O)[nH]c3=O)[C@H](O)[C@@H]2O)O[C@H](CO)[C@@H](O)[C@H](O)[C@H]1O. The summed E-state index contributed by atoms with van der Waals surface area (Å²) in [5.74, 6) is 0. The van der Waals surface area contributed by atoms with Gasteiger partial charge in [-0.2, -0.15) is 4.31 Å². The number of hydrogen-bond acceptors (Lipinski definition) is 15. The van der Waals surface area contributed by atoms with Crippen molar-refractivity contribution in [3.8, 4) is 0 Å². The Morgan fingerprint density at radius 1 is 0.972 bits per heavy atom. The van der Waals surface area contributed by atoms with Crippen LogP contribution in [0.4, 0.5) is 0 Å². The van der Waals surface area contributed by atoms with Crippen LogP contribution in [0.5, 0.6) is 0 Å². The fourth-order valence-electron chi connectivity index (χ4n) is 3.23. The summed E-state index contributed by atoms with van der Waals surface area (Å²) in [6.07, 6.45) is -17.7. The van der Waals surface area contributed by atoms with Crippen LogP contribution < -0.4 is 11.2 Å². The van der Waals surface area contributed by atoms with Crippen molar-refractivity contribution < 1.29 is 73.8 Å². The van der Waals surface area contributed by atoms with E-state index in [0.717, 1.165) is 12.3 Å². The fourth-order valence-corrected chi connectivity index (χ4v) is 5.31. The van der Waals surface area contributed by atoms with Gasteiger partial charge in [0.15, 0.2) is 12.5 Å². The number of hydrogen-bond donors (Lipinski definition) is 9. The molecule has 2 unspecified atom stereocenters. The van der Waals surface area contributed by atoms with Crippen molar-refractivity contribution in [2.24, 2.45) is 0 Å². The van der Waals surface area contributed by atoms with E-state index in [9.17, 15) is 54.0 Å². The Hall–Kier alpha value is -1.38. The molecule has 0 amide bonds. The van der Waals surface area contributed by atoms with E-state index in [2.05, 4.69) is 18.1 Å². The first kappa shape index (κ1) is 27.6. The van der Waals surface area contributed by atoms with Gasteiger partial charge in [0.05, 0.1) is 14.6 Å². The van der Waals surface area contributed by atoms with Crippen molar-refractivity contribution in [2.75, 3.05) is 13.2 Å². The zero-order valence-corrected chi connectivity index (χ0v) is 19.6. The van der Waals surface area contributed by atoms with Gasteiger partial charge in [-0.1, -0.05) is 0 Å². The van der Waals surface area contributed by atoms with E-state index >= 15 is 0 Å². The number of H-pyrrole nitrogens is 1. The molecule has 0 bridgehead atoms. The molecule has 0 aromatic carbocycles. The fraction of sp³-hybridized carbons (Fsp3) is 0.733. The van der Waals surface area contributed by atoms with Crippen LogP contribution in [0.2, 0.25) is 0 Å². The molecule has 2 saturated heterocycles. The van der Waals surface area contributed by atoms with Gasteiger partial charge >= 0.3 is 21.3 Å². The molecule has 3 heterocycles. The van der Waals surface area contributed by atoms with Gasteiger partial charge in [-0.25, -0.2) is 13.9 Å². The molecule has 19 nitrogen and oxygen atoms in total. The minimum absolute atomic E-state index is 0.703. The van der Waals surface area contributed by atoms with E-state index in [4.69, 9.17) is 11.2 Å². The van der Waals surface area contributed by atoms with E-state index in [1.165, 1.54) is 0 Å². The van der Waals surface area contributed by atoms with Crippen LogP contribution in [0, 0.1) is 0 Å². The summed E-state index contributed by atoms with van der Waals surface area (Å²) in [6.45, 7) is -2.11. The maximum absolute atomic E-state index is 12.2. The number of phosphoric acid groups is 2. The molecule has 2 fully saturated rings. The normalized spacial score (nSPS) is 40.8. The lowest BCUT2D eigenvalue weighted by Crippen LogP contribution is -2.58. The molecule has 0 aliphatic carbocycles. The molecule has 2 aliphatic heterocycles. The van der Waals surface area contributed by atoms with Gasteiger partial charge in [0.2, 0.25) is 0 Å². The second kappa shape index (κ2) is 11.2. The Labute approximate surface area is 201 Å². The number of nitrogens with one attached hydrogen (secondary N) is 1. The largest absolute Gasteiger partial charge is 0.483 e. The molecular weight excluding hydrogens is 542 g/mol. The topological polar surface area (TPSA) is 297 Å². The molecular formula is C15H24N2O17P2. The second-order valence-corrected chi connectivity index (χ2v) is 10.5. The number of aliphatic hydroxyl groups is 6. The predicted octanol–water partition coefficient (Wildman–Crippen LogP) is -4.79. The highest BCUT2D eigenvalue weighted by atomic mass is 31.3. The maximum atomic E-state index is 12.2.